The van der Waals surface area contributed by atoms with E-state index in [0.717, 1.165) is 18.8 Å². The molecule has 1 N–H and O–H groups in total. The fourth-order valence-electron chi connectivity index (χ4n) is 0.999. The van der Waals surface area contributed by atoms with E-state index in [1.54, 1.807) is 0 Å². The average Bonchev–Trinajstić information content (AvgIpc) is 2.20. The monoisotopic (exact) mass is 271 g/mol. The summed E-state index contributed by atoms with van der Waals surface area (Å²) >= 11 is 5.38. The largest absolute Gasteiger partial charge is 0.312 e. The normalized spacial score (nSPS) is 10.1. The van der Waals surface area contributed by atoms with E-state index in [1.165, 1.54) is 9.37 Å². The molecule has 1 nitrogen and oxygen atoms in total. The molecule has 1 aromatic rings. The smallest absolute Gasteiger partial charge is 0.0311 e. The van der Waals surface area contributed by atoms with Crippen LogP contribution >= 0.6 is 27.7 Å². The molecule has 0 saturated heterocycles. The molecule has 76 valence electrons. The van der Waals surface area contributed by atoms with Crippen LogP contribution in [-0.4, -0.2) is 18.8 Å². The third kappa shape index (κ3) is 4.31. The highest BCUT2D eigenvalue weighted by molar-refractivity contribution is 9.10. The maximum atomic E-state index is 3.65. The molecular weight excluding hydrogens is 258 g/mol. The molecule has 0 aliphatic carbocycles. The summed E-state index contributed by atoms with van der Waals surface area (Å²) in [6.45, 7) is 5.55. The molecule has 0 amide bonds. The molecule has 0 aromatic heterocycles. The molecule has 0 aliphatic heterocycles. The SMILES string of the molecule is C=CCNCCSc1ccccc1Br. The van der Waals surface area contributed by atoms with Crippen LogP contribution in [0.2, 0.25) is 0 Å². The van der Waals surface area contributed by atoms with Crippen molar-refractivity contribution in [3.63, 3.8) is 0 Å². The minimum absolute atomic E-state index is 0.885. The zero-order valence-electron chi connectivity index (χ0n) is 8.00. The van der Waals surface area contributed by atoms with Crippen LogP contribution in [0.4, 0.5) is 0 Å². The molecule has 0 saturated carbocycles. The zero-order chi connectivity index (χ0) is 10.2. The van der Waals surface area contributed by atoms with Crippen molar-refractivity contribution in [2.75, 3.05) is 18.8 Å². The van der Waals surface area contributed by atoms with Gasteiger partial charge in [-0.05, 0) is 28.1 Å². The van der Waals surface area contributed by atoms with Gasteiger partial charge in [0.25, 0.3) is 0 Å². The lowest BCUT2D eigenvalue weighted by molar-refractivity contribution is 0.807. The highest BCUT2D eigenvalue weighted by Gasteiger charge is 1.97. The van der Waals surface area contributed by atoms with Gasteiger partial charge in [0.1, 0.15) is 0 Å². The first kappa shape index (κ1) is 11.8. The van der Waals surface area contributed by atoms with Crippen LogP contribution in [0.5, 0.6) is 0 Å². The topological polar surface area (TPSA) is 12.0 Å². The lowest BCUT2D eigenvalue weighted by atomic mass is 10.4. The van der Waals surface area contributed by atoms with Crippen LogP contribution in [0.3, 0.4) is 0 Å². The molecule has 0 aliphatic rings. The lowest BCUT2D eigenvalue weighted by Crippen LogP contribution is -2.16. The second-order valence-electron chi connectivity index (χ2n) is 2.77. The van der Waals surface area contributed by atoms with Crippen LogP contribution < -0.4 is 5.32 Å². The van der Waals surface area contributed by atoms with Crippen molar-refractivity contribution in [1.82, 2.24) is 5.32 Å². The molecular formula is C11H14BrNS. The highest BCUT2D eigenvalue weighted by atomic mass is 79.9. The van der Waals surface area contributed by atoms with Crippen LogP contribution in [0, 0.1) is 0 Å². The molecule has 0 bridgehead atoms. The molecule has 0 heterocycles. The molecule has 1 rings (SSSR count). The Morgan fingerprint density at radius 2 is 2.21 bits per heavy atom. The van der Waals surface area contributed by atoms with E-state index in [4.69, 9.17) is 0 Å². The fraction of sp³-hybridized carbons (Fsp3) is 0.273. The summed E-state index contributed by atoms with van der Waals surface area (Å²) in [6, 6.07) is 8.29. The lowest BCUT2D eigenvalue weighted by Gasteiger charge is -2.04. The summed E-state index contributed by atoms with van der Waals surface area (Å²) < 4.78 is 1.17. The minimum Gasteiger partial charge on any atom is -0.312 e. The summed E-state index contributed by atoms with van der Waals surface area (Å²) in [7, 11) is 0. The van der Waals surface area contributed by atoms with Crippen LogP contribution in [0.25, 0.3) is 0 Å². The maximum absolute atomic E-state index is 3.65. The van der Waals surface area contributed by atoms with Crippen LogP contribution in [-0.2, 0) is 0 Å². The minimum atomic E-state index is 0.885. The number of thioether (sulfide) groups is 1. The first-order chi connectivity index (χ1) is 6.84. The Hall–Kier alpha value is -0.250. The molecule has 0 fully saturated rings. The van der Waals surface area contributed by atoms with Crippen molar-refractivity contribution in [3.8, 4) is 0 Å². The number of benzene rings is 1. The van der Waals surface area contributed by atoms with Gasteiger partial charge in [-0.25, -0.2) is 0 Å². The molecule has 0 radical (unpaired) electrons. The Balaban J connectivity index is 2.24. The quantitative estimate of drug-likeness (QED) is 0.484. The first-order valence-corrected chi connectivity index (χ1v) is 6.31. The van der Waals surface area contributed by atoms with Crippen molar-refractivity contribution < 1.29 is 0 Å². The van der Waals surface area contributed by atoms with Gasteiger partial charge in [-0.1, -0.05) is 18.2 Å². The van der Waals surface area contributed by atoms with Gasteiger partial charge in [0, 0.05) is 28.2 Å². The fourth-order valence-corrected chi connectivity index (χ4v) is 2.47. The molecule has 14 heavy (non-hydrogen) atoms. The zero-order valence-corrected chi connectivity index (χ0v) is 10.4. The van der Waals surface area contributed by atoms with Gasteiger partial charge in [-0.15, -0.1) is 18.3 Å². The van der Waals surface area contributed by atoms with Gasteiger partial charge >= 0.3 is 0 Å². The number of halogens is 1. The van der Waals surface area contributed by atoms with E-state index in [9.17, 15) is 0 Å². The highest BCUT2D eigenvalue weighted by Crippen LogP contribution is 2.26. The number of nitrogens with one attached hydrogen (secondary N) is 1. The Morgan fingerprint density at radius 3 is 2.93 bits per heavy atom. The summed E-state index contributed by atoms with van der Waals surface area (Å²) in [5.74, 6) is 1.08. The summed E-state index contributed by atoms with van der Waals surface area (Å²) in [6.07, 6.45) is 1.88. The second-order valence-corrected chi connectivity index (χ2v) is 4.76. The molecule has 3 heteroatoms. The Labute approximate surface area is 98.1 Å². The molecule has 0 unspecified atom stereocenters. The molecule has 0 atom stereocenters. The van der Waals surface area contributed by atoms with Crippen LogP contribution in [0.15, 0.2) is 46.3 Å². The third-order valence-corrected chi connectivity index (χ3v) is 3.69. The summed E-state index contributed by atoms with van der Waals surface area (Å²) in [4.78, 5) is 1.30. The predicted octanol–water partition coefficient (Wildman–Crippen LogP) is 3.32. The Kier molecular flexibility index (Phi) is 5.99. The van der Waals surface area contributed by atoms with E-state index in [0.29, 0.717) is 0 Å². The van der Waals surface area contributed by atoms with E-state index in [-0.39, 0.29) is 0 Å². The van der Waals surface area contributed by atoms with E-state index < -0.39 is 0 Å². The van der Waals surface area contributed by atoms with E-state index in [1.807, 2.05) is 23.9 Å². The van der Waals surface area contributed by atoms with Gasteiger partial charge < -0.3 is 5.32 Å². The second kappa shape index (κ2) is 7.10. The number of hydrogen-bond acceptors (Lipinski definition) is 2. The van der Waals surface area contributed by atoms with Crippen molar-refractivity contribution in [3.05, 3.63) is 41.4 Å². The van der Waals surface area contributed by atoms with Crippen molar-refractivity contribution in [2.45, 2.75) is 4.90 Å². The third-order valence-electron chi connectivity index (χ3n) is 1.66. The van der Waals surface area contributed by atoms with Gasteiger partial charge in [0.2, 0.25) is 0 Å². The maximum Gasteiger partial charge on any atom is 0.0311 e. The standard InChI is InChI=1S/C11H14BrNS/c1-2-7-13-8-9-14-11-6-4-3-5-10(11)12/h2-6,13H,1,7-9H2. The summed E-state index contributed by atoms with van der Waals surface area (Å²) in [5.41, 5.74) is 0. The molecule has 1 aromatic carbocycles. The average molecular weight is 272 g/mol. The van der Waals surface area contributed by atoms with Gasteiger partial charge in [0.15, 0.2) is 0 Å². The van der Waals surface area contributed by atoms with E-state index in [2.05, 4.69) is 46.0 Å². The van der Waals surface area contributed by atoms with Gasteiger partial charge in [-0.2, -0.15) is 0 Å². The first-order valence-electron chi connectivity index (χ1n) is 4.53. The van der Waals surface area contributed by atoms with Gasteiger partial charge in [0.05, 0.1) is 0 Å². The Morgan fingerprint density at radius 1 is 1.43 bits per heavy atom. The van der Waals surface area contributed by atoms with Crippen LogP contribution in [0.1, 0.15) is 0 Å². The van der Waals surface area contributed by atoms with Gasteiger partial charge in [-0.3, -0.25) is 0 Å². The number of hydrogen-bond donors (Lipinski definition) is 1. The summed E-state index contributed by atoms with van der Waals surface area (Å²) in [5, 5.41) is 3.27. The molecule has 0 spiro atoms. The van der Waals surface area contributed by atoms with Crippen molar-refractivity contribution >= 4 is 27.7 Å². The van der Waals surface area contributed by atoms with Crippen molar-refractivity contribution in [1.29, 1.82) is 0 Å². The Bertz CT molecular complexity index is 288. The predicted molar refractivity (Wildman–Crippen MR) is 67.9 cm³/mol. The van der Waals surface area contributed by atoms with Crippen molar-refractivity contribution in [2.24, 2.45) is 0 Å². The number of rotatable bonds is 6. The van der Waals surface area contributed by atoms with E-state index >= 15 is 0 Å².